The van der Waals surface area contributed by atoms with E-state index >= 15 is 0 Å². The van der Waals surface area contributed by atoms with E-state index < -0.39 is 0 Å². The third kappa shape index (κ3) is 4.42. The van der Waals surface area contributed by atoms with Crippen LogP contribution in [0.3, 0.4) is 0 Å². The Hall–Kier alpha value is -2.82. The molecule has 0 spiro atoms. The van der Waals surface area contributed by atoms with E-state index in [9.17, 15) is 9.18 Å². The molecule has 0 saturated carbocycles. The van der Waals surface area contributed by atoms with E-state index in [4.69, 9.17) is 16.9 Å². The van der Waals surface area contributed by atoms with Crippen LogP contribution in [-0.2, 0) is 4.79 Å². The third-order valence-electron chi connectivity index (χ3n) is 3.42. The number of H-pyrrole nitrogens is 1. The molecule has 0 aliphatic rings. The van der Waals surface area contributed by atoms with Crippen LogP contribution in [0.25, 0.3) is 11.3 Å². The number of imidazole rings is 1. The maximum absolute atomic E-state index is 13.0. The number of hydrogen-bond donors (Lipinski definition) is 2. The fraction of sp³-hybridized carbons (Fsp3) is 0.0556. The zero-order valence-electron chi connectivity index (χ0n) is 13.3. The van der Waals surface area contributed by atoms with Gasteiger partial charge >= 0.3 is 0 Å². The van der Waals surface area contributed by atoms with E-state index in [1.807, 2.05) is 6.07 Å². The van der Waals surface area contributed by atoms with Crippen molar-refractivity contribution in [2.24, 2.45) is 0 Å². The van der Waals surface area contributed by atoms with Crippen molar-refractivity contribution in [2.45, 2.75) is 5.16 Å². The van der Waals surface area contributed by atoms with E-state index in [1.54, 1.807) is 30.5 Å². The van der Waals surface area contributed by atoms with Gasteiger partial charge in [-0.3, -0.25) is 4.79 Å². The van der Waals surface area contributed by atoms with Gasteiger partial charge in [0.1, 0.15) is 11.9 Å². The van der Waals surface area contributed by atoms with Gasteiger partial charge in [-0.25, -0.2) is 9.37 Å². The smallest absolute Gasteiger partial charge is 0.234 e. The molecule has 0 aliphatic carbocycles. The average Bonchev–Trinajstić information content (AvgIpc) is 3.10. The number of nitrogens with one attached hydrogen (secondary N) is 2. The molecule has 0 bridgehead atoms. The van der Waals surface area contributed by atoms with Gasteiger partial charge in [-0.1, -0.05) is 23.4 Å². The van der Waals surface area contributed by atoms with Crippen LogP contribution in [0.5, 0.6) is 0 Å². The zero-order chi connectivity index (χ0) is 18.5. The van der Waals surface area contributed by atoms with Crippen LogP contribution in [-0.4, -0.2) is 21.6 Å². The summed E-state index contributed by atoms with van der Waals surface area (Å²) in [5.41, 5.74) is 2.42. The Balaban J connectivity index is 1.57. The van der Waals surface area contributed by atoms with Gasteiger partial charge in [-0.2, -0.15) is 5.26 Å². The van der Waals surface area contributed by atoms with Gasteiger partial charge in [-0.15, -0.1) is 0 Å². The Morgan fingerprint density at radius 1 is 1.31 bits per heavy atom. The highest BCUT2D eigenvalue weighted by Gasteiger charge is 2.09. The van der Waals surface area contributed by atoms with Crippen LogP contribution in [0.1, 0.15) is 5.56 Å². The Labute approximate surface area is 158 Å². The van der Waals surface area contributed by atoms with Crippen LogP contribution in [0.2, 0.25) is 5.02 Å². The number of amides is 1. The molecule has 1 heterocycles. The standard InChI is InChI=1S/C18H12ClFN4OS/c19-15-7-14(6-3-12(15)8-21)23-17(25)10-26-18-22-9-16(24-18)11-1-4-13(20)5-2-11/h1-7,9H,10H2,(H,22,24)(H,23,25). The van der Waals surface area contributed by atoms with Crippen molar-refractivity contribution in [3.8, 4) is 17.3 Å². The monoisotopic (exact) mass is 386 g/mol. The molecule has 2 N–H and O–H groups in total. The molecule has 130 valence electrons. The summed E-state index contributed by atoms with van der Waals surface area (Å²) in [5, 5.41) is 12.4. The van der Waals surface area contributed by atoms with Crippen LogP contribution in [0.15, 0.2) is 53.8 Å². The van der Waals surface area contributed by atoms with E-state index in [2.05, 4.69) is 15.3 Å². The minimum atomic E-state index is -0.303. The number of aromatic nitrogens is 2. The van der Waals surface area contributed by atoms with Crippen LogP contribution < -0.4 is 5.32 Å². The number of benzene rings is 2. The number of carbonyl (C=O) groups is 1. The van der Waals surface area contributed by atoms with Crippen molar-refractivity contribution in [3.05, 3.63) is 65.1 Å². The summed E-state index contributed by atoms with van der Waals surface area (Å²) in [6.45, 7) is 0. The Bertz CT molecular complexity index is 982. The molecule has 26 heavy (non-hydrogen) atoms. The SMILES string of the molecule is N#Cc1ccc(NC(=O)CSc2ncc(-c3ccc(F)cc3)[nH]2)cc1Cl. The third-order valence-corrected chi connectivity index (χ3v) is 4.62. The van der Waals surface area contributed by atoms with Gasteiger partial charge in [-0.05, 0) is 48.0 Å². The molecule has 8 heteroatoms. The average molecular weight is 387 g/mol. The van der Waals surface area contributed by atoms with Gasteiger partial charge in [0, 0.05) is 5.69 Å². The summed E-state index contributed by atoms with van der Waals surface area (Å²) in [4.78, 5) is 19.3. The van der Waals surface area contributed by atoms with Crippen LogP contribution >= 0.6 is 23.4 Å². The lowest BCUT2D eigenvalue weighted by atomic mass is 10.2. The summed E-state index contributed by atoms with van der Waals surface area (Å²) >= 11 is 7.18. The minimum absolute atomic E-state index is 0.147. The Morgan fingerprint density at radius 3 is 2.77 bits per heavy atom. The van der Waals surface area contributed by atoms with Crippen LogP contribution in [0, 0.1) is 17.1 Å². The van der Waals surface area contributed by atoms with E-state index in [1.165, 1.54) is 30.0 Å². The molecule has 0 unspecified atom stereocenters. The first-order valence-electron chi connectivity index (χ1n) is 7.48. The van der Waals surface area contributed by atoms with Gasteiger partial charge in [0.2, 0.25) is 5.91 Å². The molecule has 0 fully saturated rings. The molecule has 1 amide bonds. The van der Waals surface area contributed by atoms with Crippen molar-refractivity contribution >= 4 is 35.0 Å². The quantitative estimate of drug-likeness (QED) is 0.634. The van der Waals surface area contributed by atoms with Gasteiger partial charge in [0.05, 0.1) is 28.2 Å². The predicted molar refractivity (Wildman–Crippen MR) is 99.5 cm³/mol. The lowest BCUT2D eigenvalue weighted by Crippen LogP contribution is -2.14. The summed E-state index contributed by atoms with van der Waals surface area (Å²) in [6.07, 6.45) is 1.63. The van der Waals surface area contributed by atoms with Crippen molar-refractivity contribution < 1.29 is 9.18 Å². The van der Waals surface area contributed by atoms with Crippen LogP contribution in [0.4, 0.5) is 10.1 Å². The molecule has 3 rings (SSSR count). The lowest BCUT2D eigenvalue weighted by molar-refractivity contribution is -0.113. The predicted octanol–water partition coefficient (Wildman–Crippen LogP) is 4.47. The Kier molecular flexibility index (Phi) is 5.56. The van der Waals surface area contributed by atoms with Gasteiger partial charge in [0.15, 0.2) is 5.16 Å². The number of aromatic amines is 1. The molecular formula is C18H12ClFN4OS. The number of rotatable bonds is 5. The molecule has 3 aromatic rings. The molecule has 0 radical (unpaired) electrons. The number of halogens is 2. The zero-order valence-corrected chi connectivity index (χ0v) is 14.9. The fourth-order valence-corrected chi connectivity index (χ4v) is 3.04. The molecule has 0 atom stereocenters. The second-order valence-corrected chi connectivity index (χ2v) is 6.62. The number of thioether (sulfide) groups is 1. The largest absolute Gasteiger partial charge is 0.333 e. The van der Waals surface area contributed by atoms with Crippen molar-refractivity contribution in [1.29, 1.82) is 5.26 Å². The van der Waals surface area contributed by atoms with Gasteiger partial charge in [0.25, 0.3) is 0 Å². The van der Waals surface area contributed by atoms with E-state index in [0.29, 0.717) is 16.4 Å². The number of nitriles is 1. The summed E-state index contributed by atoms with van der Waals surface area (Å²) < 4.78 is 13.0. The summed E-state index contributed by atoms with van der Waals surface area (Å²) in [7, 11) is 0. The summed E-state index contributed by atoms with van der Waals surface area (Å²) in [6, 6.07) is 12.7. The van der Waals surface area contributed by atoms with Gasteiger partial charge < -0.3 is 10.3 Å². The molecule has 0 aliphatic heterocycles. The summed E-state index contributed by atoms with van der Waals surface area (Å²) in [5.74, 6) is -0.383. The highest BCUT2D eigenvalue weighted by molar-refractivity contribution is 7.99. The van der Waals surface area contributed by atoms with E-state index in [-0.39, 0.29) is 22.5 Å². The maximum atomic E-state index is 13.0. The molecule has 0 saturated heterocycles. The molecule has 2 aromatic carbocycles. The highest BCUT2D eigenvalue weighted by Crippen LogP contribution is 2.23. The number of anilines is 1. The van der Waals surface area contributed by atoms with Crippen molar-refractivity contribution in [2.75, 3.05) is 11.1 Å². The highest BCUT2D eigenvalue weighted by atomic mass is 35.5. The first kappa shape index (κ1) is 18.0. The first-order valence-corrected chi connectivity index (χ1v) is 8.85. The minimum Gasteiger partial charge on any atom is -0.333 e. The normalized spacial score (nSPS) is 10.3. The van der Waals surface area contributed by atoms with E-state index in [0.717, 1.165) is 11.3 Å². The molecule has 1 aromatic heterocycles. The number of carbonyl (C=O) groups excluding carboxylic acids is 1. The fourth-order valence-electron chi connectivity index (χ4n) is 2.17. The van der Waals surface area contributed by atoms with Crippen molar-refractivity contribution in [1.82, 2.24) is 9.97 Å². The molecular weight excluding hydrogens is 375 g/mol. The topological polar surface area (TPSA) is 81.6 Å². The second-order valence-electron chi connectivity index (χ2n) is 5.25. The lowest BCUT2D eigenvalue weighted by Gasteiger charge is -2.05. The second kappa shape index (κ2) is 8.04. The number of hydrogen-bond acceptors (Lipinski definition) is 4. The van der Waals surface area contributed by atoms with Crippen molar-refractivity contribution in [3.63, 3.8) is 0 Å². The first-order chi connectivity index (χ1) is 12.5. The maximum Gasteiger partial charge on any atom is 0.234 e. The Morgan fingerprint density at radius 2 is 2.08 bits per heavy atom. The molecule has 5 nitrogen and oxygen atoms in total. The number of nitrogens with zero attached hydrogens (tertiary/aromatic N) is 2.